The van der Waals surface area contributed by atoms with E-state index in [-0.39, 0.29) is 5.91 Å². The standard InChI is InChI=1S/C16H15ClN2O3S/c1-9-13(15(20)19-8-2-3-12(19)16(21)22)23-14(18-9)10-4-6-11(17)7-5-10/h4-7,12H,2-3,8H2,1H3,(H,21,22)/t12-/m1/s1. The Kier molecular flexibility index (Phi) is 4.37. The molecule has 3 rings (SSSR count). The molecule has 0 radical (unpaired) electrons. The number of carboxylic acid groups (broad SMARTS) is 1. The van der Waals surface area contributed by atoms with Gasteiger partial charge in [-0.2, -0.15) is 0 Å². The Morgan fingerprint density at radius 1 is 1.35 bits per heavy atom. The molecule has 7 heteroatoms. The highest BCUT2D eigenvalue weighted by atomic mass is 35.5. The SMILES string of the molecule is Cc1nc(-c2ccc(Cl)cc2)sc1C(=O)N1CCC[C@@H]1C(=O)O. The maximum atomic E-state index is 12.7. The minimum absolute atomic E-state index is 0.245. The van der Waals surface area contributed by atoms with Gasteiger partial charge in [-0.3, -0.25) is 4.79 Å². The number of rotatable bonds is 3. The first-order chi connectivity index (χ1) is 11.0. The number of hydrogen-bond acceptors (Lipinski definition) is 4. The second-order valence-corrected chi connectivity index (χ2v) is 6.87. The van der Waals surface area contributed by atoms with Crippen molar-refractivity contribution in [1.82, 2.24) is 9.88 Å². The first-order valence-corrected chi connectivity index (χ1v) is 8.44. The molecule has 1 aliphatic rings. The Labute approximate surface area is 142 Å². The third-order valence-electron chi connectivity index (χ3n) is 3.88. The normalized spacial score (nSPS) is 17.5. The topological polar surface area (TPSA) is 70.5 Å². The molecule has 0 saturated carbocycles. The molecule has 1 aromatic heterocycles. The summed E-state index contributed by atoms with van der Waals surface area (Å²) in [4.78, 5) is 30.4. The Morgan fingerprint density at radius 2 is 2.04 bits per heavy atom. The lowest BCUT2D eigenvalue weighted by Gasteiger charge is -2.20. The van der Waals surface area contributed by atoms with Crippen LogP contribution in [-0.2, 0) is 4.79 Å². The Bertz CT molecular complexity index is 757. The van der Waals surface area contributed by atoms with Crippen LogP contribution in [0.2, 0.25) is 5.02 Å². The summed E-state index contributed by atoms with van der Waals surface area (Å²) >= 11 is 7.17. The highest BCUT2D eigenvalue weighted by Gasteiger charge is 2.35. The van der Waals surface area contributed by atoms with E-state index in [0.717, 1.165) is 10.6 Å². The lowest BCUT2D eigenvalue weighted by Crippen LogP contribution is -2.40. The number of aliphatic carboxylic acids is 1. The number of benzene rings is 1. The highest BCUT2D eigenvalue weighted by Crippen LogP contribution is 2.31. The molecule has 1 aliphatic heterocycles. The van der Waals surface area contributed by atoms with E-state index < -0.39 is 12.0 Å². The van der Waals surface area contributed by atoms with Crippen LogP contribution < -0.4 is 0 Å². The molecule has 1 aromatic carbocycles. The monoisotopic (exact) mass is 350 g/mol. The average Bonchev–Trinajstić information content (AvgIpc) is 3.14. The first-order valence-electron chi connectivity index (χ1n) is 7.24. The average molecular weight is 351 g/mol. The van der Waals surface area contributed by atoms with E-state index in [1.165, 1.54) is 16.2 Å². The number of hydrogen-bond donors (Lipinski definition) is 1. The van der Waals surface area contributed by atoms with Gasteiger partial charge in [0.05, 0.1) is 5.69 Å². The number of carbonyl (C=O) groups excluding carboxylic acids is 1. The molecule has 1 saturated heterocycles. The molecule has 23 heavy (non-hydrogen) atoms. The van der Waals surface area contributed by atoms with Crippen LogP contribution in [0.15, 0.2) is 24.3 Å². The van der Waals surface area contributed by atoms with Gasteiger partial charge in [-0.25, -0.2) is 9.78 Å². The van der Waals surface area contributed by atoms with E-state index >= 15 is 0 Å². The van der Waals surface area contributed by atoms with Crippen molar-refractivity contribution < 1.29 is 14.7 Å². The second-order valence-electron chi connectivity index (χ2n) is 5.44. The van der Waals surface area contributed by atoms with E-state index in [0.29, 0.717) is 35.0 Å². The fraction of sp³-hybridized carbons (Fsp3) is 0.312. The Morgan fingerprint density at radius 3 is 2.70 bits per heavy atom. The minimum Gasteiger partial charge on any atom is -0.480 e. The van der Waals surface area contributed by atoms with Crippen LogP contribution in [0.3, 0.4) is 0 Å². The summed E-state index contributed by atoms with van der Waals surface area (Å²) in [5.41, 5.74) is 1.51. The number of amides is 1. The van der Waals surface area contributed by atoms with Gasteiger partial charge in [0.2, 0.25) is 0 Å². The molecule has 1 N–H and O–H groups in total. The first kappa shape index (κ1) is 16.0. The summed E-state index contributed by atoms with van der Waals surface area (Å²) in [5.74, 6) is -1.19. The quantitative estimate of drug-likeness (QED) is 0.920. The molecule has 0 unspecified atom stereocenters. The number of thiazole rings is 1. The van der Waals surface area contributed by atoms with Gasteiger partial charge in [0.1, 0.15) is 15.9 Å². The van der Waals surface area contributed by atoms with E-state index in [9.17, 15) is 14.7 Å². The minimum atomic E-state index is -0.948. The van der Waals surface area contributed by atoms with Gasteiger partial charge in [-0.15, -0.1) is 11.3 Å². The van der Waals surface area contributed by atoms with Crippen molar-refractivity contribution in [1.29, 1.82) is 0 Å². The summed E-state index contributed by atoms with van der Waals surface area (Å²) in [6.07, 6.45) is 1.22. The van der Waals surface area contributed by atoms with Crippen molar-refractivity contribution >= 4 is 34.8 Å². The smallest absolute Gasteiger partial charge is 0.326 e. The summed E-state index contributed by atoms with van der Waals surface area (Å²) in [5, 5.41) is 10.6. The number of carbonyl (C=O) groups is 2. The lowest BCUT2D eigenvalue weighted by atomic mass is 10.2. The molecular weight excluding hydrogens is 336 g/mol. The van der Waals surface area contributed by atoms with Gasteiger partial charge in [-0.05, 0) is 31.9 Å². The number of halogens is 1. The molecule has 1 amide bonds. The van der Waals surface area contributed by atoms with Gasteiger partial charge in [0.25, 0.3) is 5.91 Å². The van der Waals surface area contributed by atoms with Crippen LogP contribution in [0.1, 0.15) is 28.2 Å². The zero-order valence-electron chi connectivity index (χ0n) is 12.5. The molecule has 2 heterocycles. The fourth-order valence-corrected chi connectivity index (χ4v) is 3.86. The Hall–Kier alpha value is -1.92. The van der Waals surface area contributed by atoms with E-state index in [4.69, 9.17) is 11.6 Å². The molecule has 0 bridgehead atoms. The highest BCUT2D eigenvalue weighted by molar-refractivity contribution is 7.17. The van der Waals surface area contributed by atoms with Crippen molar-refractivity contribution in [2.24, 2.45) is 0 Å². The zero-order chi connectivity index (χ0) is 16.6. The largest absolute Gasteiger partial charge is 0.480 e. The van der Waals surface area contributed by atoms with E-state index in [1.54, 1.807) is 19.1 Å². The van der Waals surface area contributed by atoms with Gasteiger partial charge in [0.15, 0.2) is 0 Å². The maximum Gasteiger partial charge on any atom is 0.326 e. The van der Waals surface area contributed by atoms with Crippen molar-refractivity contribution in [3.8, 4) is 10.6 Å². The molecule has 120 valence electrons. The summed E-state index contributed by atoms with van der Waals surface area (Å²) in [6.45, 7) is 2.25. The van der Waals surface area contributed by atoms with Gasteiger partial charge in [0, 0.05) is 17.1 Å². The molecular formula is C16H15ClN2O3S. The molecule has 2 aromatic rings. The third kappa shape index (κ3) is 3.09. The van der Waals surface area contributed by atoms with Crippen LogP contribution in [0.4, 0.5) is 0 Å². The number of aryl methyl sites for hydroxylation is 1. The number of likely N-dealkylation sites (tertiary alicyclic amines) is 1. The molecule has 1 atom stereocenters. The van der Waals surface area contributed by atoms with Crippen molar-refractivity contribution in [3.05, 3.63) is 39.9 Å². The molecule has 1 fully saturated rings. The summed E-state index contributed by atoms with van der Waals surface area (Å²) in [7, 11) is 0. The Balaban J connectivity index is 1.90. The number of nitrogens with zero attached hydrogens (tertiary/aromatic N) is 2. The number of aromatic nitrogens is 1. The van der Waals surface area contributed by atoms with Crippen LogP contribution in [0, 0.1) is 6.92 Å². The second kappa shape index (κ2) is 6.29. The third-order valence-corrected chi connectivity index (χ3v) is 5.33. The van der Waals surface area contributed by atoms with E-state index in [2.05, 4.69) is 4.98 Å². The van der Waals surface area contributed by atoms with Crippen LogP contribution in [0.25, 0.3) is 10.6 Å². The van der Waals surface area contributed by atoms with Crippen LogP contribution in [-0.4, -0.2) is 39.5 Å². The summed E-state index contributed by atoms with van der Waals surface area (Å²) < 4.78 is 0. The molecule has 0 spiro atoms. The lowest BCUT2D eigenvalue weighted by molar-refractivity contribution is -0.141. The molecule has 0 aliphatic carbocycles. The van der Waals surface area contributed by atoms with Crippen molar-refractivity contribution in [3.63, 3.8) is 0 Å². The van der Waals surface area contributed by atoms with Gasteiger partial charge in [-0.1, -0.05) is 23.7 Å². The predicted octanol–water partition coefficient (Wildman–Crippen LogP) is 3.46. The zero-order valence-corrected chi connectivity index (χ0v) is 14.0. The summed E-state index contributed by atoms with van der Waals surface area (Å²) in [6, 6.07) is 6.52. The predicted molar refractivity (Wildman–Crippen MR) is 89.0 cm³/mol. The van der Waals surface area contributed by atoms with Crippen LogP contribution in [0.5, 0.6) is 0 Å². The number of carboxylic acids is 1. The van der Waals surface area contributed by atoms with Gasteiger partial charge >= 0.3 is 5.97 Å². The fourth-order valence-electron chi connectivity index (χ4n) is 2.71. The molecule has 5 nitrogen and oxygen atoms in total. The van der Waals surface area contributed by atoms with Crippen molar-refractivity contribution in [2.75, 3.05) is 6.54 Å². The van der Waals surface area contributed by atoms with Crippen LogP contribution >= 0.6 is 22.9 Å². The van der Waals surface area contributed by atoms with Crippen molar-refractivity contribution in [2.45, 2.75) is 25.8 Å². The van der Waals surface area contributed by atoms with Gasteiger partial charge < -0.3 is 10.0 Å². The van der Waals surface area contributed by atoms with E-state index in [1.807, 2.05) is 12.1 Å². The maximum absolute atomic E-state index is 12.7.